The minimum atomic E-state index is -1.14. The van der Waals surface area contributed by atoms with E-state index in [9.17, 15) is 4.79 Å². The second-order valence-corrected chi connectivity index (χ2v) is 4.59. The molecule has 0 aliphatic heterocycles. The lowest BCUT2D eigenvalue weighted by Crippen LogP contribution is -1.94. The maximum Gasteiger partial charge on any atom is 0.358 e. The summed E-state index contributed by atoms with van der Waals surface area (Å²) < 4.78 is 11.4. The van der Waals surface area contributed by atoms with Crippen molar-refractivity contribution in [1.82, 2.24) is 5.16 Å². The van der Waals surface area contributed by atoms with Gasteiger partial charge < -0.3 is 14.0 Å². The molecule has 0 saturated heterocycles. The lowest BCUT2D eigenvalue weighted by atomic mass is 10.2. The van der Waals surface area contributed by atoms with Gasteiger partial charge in [-0.05, 0) is 24.3 Å². The van der Waals surface area contributed by atoms with Crippen molar-refractivity contribution in [1.29, 1.82) is 0 Å². The first-order valence-electron chi connectivity index (χ1n) is 5.03. The third-order valence-corrected chi connectivity index (χ3v) is 2.94. The molecular weight excluding hydrogens is 302 g/mol. The van der Waals surface area contributed by atoms with Crippen LogP contribution in [0.1, 0.15) is 10.5 Å². The Morgan fingerprint density at radius 3 is 2.78 bits per heavy atom. The maximum absolute atomic E-state index is 10.7. The van der Waals surface area contributed by atoms with E-state index in [1.165, 1.54) is 6.07 Å². The van der Waals surface area contributed by atoms with E-state index in [0.29, 0.717) is 17.1 Å². The Labute approximate surface area is 109 Å². The molecule has 0 fully saturated rings. The third kappa shape index (κ3) is 1.80. The standard InChI is InChI=1S/C12H6BrNO4/c13-7-1-2-9-6(3-7)4-10(17-9)11-5-8(12(15)16)14-18-11/h1-5H,(H,15,16). The molecule has 3 aromatic rings. The quantitative estimate of drug-likeness (QED) is 0.783. The van der Waals surface area contributed by atoms with Gasteiger partial charge in [0.1, 0.15) is 5.58 Å². The maximum atomic E-state index is 10.7. The number of rotatable bonds is 2. The largest absolute Gasteiger partial charge is 0.476 e. The molecule has 0 spiro atoms. The van der Waals surface area contributed by atoms with Crippen LogP contribution in [0.5, 0.6) is 0 Å². The fraction of sp³-hybridized carbons (Fsp3) is 0. The summed E-state index contributed by atoms with van der Waals surface area (Å²) in [7, 11) is 0. The third-order valence-electron chi connectivity index (χ3n) is 2.45. The zero-order valence-electron chi connectivity index (χ0n) is 8.88. The molecule has 0 aliphatic rings. The number of carboxylic acid groups (broad SMARTS) is 1. The summed E-state index contributed by atoms with van der Waals surface area (Å²) in [4.78, 5) is 10.7. The van der Waals surface area contributed by atoms with Crippen molar-refractivity contribution in [2.45, 2.75) is 0 Å². The number of aromatic carboxylic acids is 1. The SMILES string of the molecule is O=C(O)c1cc(-c2cc3cc(Br)ccc3o2)on1. The topological polar surface area (TPSA) is 76.5 Å². The Balaban J connectivity index is 2.10. The fourth-order valence-corrected chi connectivity index (χ4v) is 2.01. The van der Waals surface area contributed by atoms with Gasteiger partial charge in [-0.15, -0.1) is 0 Å². The van der Waals surface area contributed by atoms with Gasteiger partial charge in [-0.3, -0.25) is 0 Å². The van der Waals surface area contributed by atoms with E-state index in [4.69, 9.17) is 14.0 Å². The smallest absolute Gasteiger partial charge is 0.358 e. The molecule has 1 aromatic carbocycles. The Morgan fingerprint density at radius 1 is 1.22 bits per heavy atom. The lowest BCUT2D eigenvalue weighted by Gasteiger charge is -1.88. The van der Waals surface area contributed by atoms with E-state index < -0.39 is 5.97 Å². The fourth-order valence-electron chi connectivity index (χ4n) is 1.63. The van der Waals surface area contributed by atoms with Crippen LogP contribution in [-0.2, 0) is 0 Å². The summed E-state index contributed by atoms with van der Waals surface area (Å²) in [6, 6.07) is 8.67. The van der Waals surface area contributed by atoms with Crippen LogP contribution in [0.4, 0.5) is 0 Å². The predicted octanol–water partition coefficient (Wildman–Crippen LogP) is 3.55. The van der Waals surface area contributed by atoms with Gasteiger partial charge in [0.2, 0.25) is 5.76 Å². The summed E-state index contributed by atoms with van der Waals surface area (Å²) in [5.41, 5.74) is 0.549. The molecular formula is C12H6BrNO4. The molecule has 0 radical (unpaired) electrons. The van der Waals surface area contributed by atoms with E-state index >= 15 is 0 Å². The van der Waals surface area contributed by atoms with Crippen molar-refractivity contribution in [3.8, 4) is 11.5 Å². The number of carbonyl (C=O) groups is 1. The molecule has 6 heteroatoms. The van der Waals surface area contributed by atoms with Crippen LogP contribution in [0.2, 0.25) is 0 Å². The molecule has 3 rings (SSSR count). The van der Waals surface area contributed by atoms with Crippen molar-refractivity contribution in [2.24, 2.45) is 0 Å². The van der Waals surface area contributed by atoms with Crippen LogP contribution >= 0.6 is 15.9 Å². The van der Waals surface area contributed by atoms with Crippen LogP contribution < -0.4 is 0 Å². The second-order valence-electron chi connectivity index (χ2n) is 3.67. The molecule has 0 saturated carbocycles. The van der Waals surface area contributed by atoms with Crippen LogP contribution in [0.3, 0.4) is 0 Å². The number of halogens is 1. The number of hydrogen-bond donors (Lipinski definition) is 1. The number of fused-ring (bicyclic) bond motifs is 1. The summed E-state index contributed by atoms with van der Waals surface area (Å²) in [6.45, 7) is 0. The van der Waals surface area contributed by atoms with Crippen LogP contribution in [0, 0.1) is 0 Å². The highest BCUT2D eigenvalue weighted by Crippen LogP contribution is 2.29. The first-order chi connectivity index (χ1) is 8.63. The van der Waals surface area contributed by atoms with Gasteiger partial charge in [0.15, 0.2) is 11.5 Å². The molecule has 2 heterocycles. The number of hydrogen-bond acceptors (Lipinski definition) is 4. The number of nitrogens with zero attached hydrogens (tertiary/aromatic N) is 1. The summed E-state index contributed by atoms with van der Waals surface area (Å²) in [6.07, 6.45) is 0. The van der Waals surface area contributed by atoms with E-state index in [1.807, 2.05) is 18.2 Å². The van der Waals surface area contributed by atoms with Crippen molar-refractivity contribution in [3.05, 3.63) is 40.5 Å². The van der Waals surface area contributed by atoms with Gasteiger partial charge in [0.25, 0.3) is 0 Å². The number of carboxylic acids is 1. The first kappa shape index (κ1) is 11.0. The Morgan fingerprint density at radius 2 is 2.06 bits per heavy atom. The van der Waals surface area contributed by atoms with Gasteiger partial charge >= 0.3 is 5.97 Å². The van der Waals surface area contributed by atoms with Crippen molar-refractivity contribution < 1.29 is 18.8 Å². The Kier molecular flexibility index (Phi) is 2.45. The molecule has 18 heavy (non-hydrogen) atoms. The van der Waals surface area contributed by atoms with Crippen LogP contribution in [0.15, 0.2) is 43.7 Å². The van der Waals surface area contributed by atoms with Gasteiger partial charge in [-0.25, -0.2) is 4.79 Å². The van der Waals surface area contributed by atoms with E-state index in [-0.39, 0.29) is 5.69 Å². The van der Waals surface area contributed by atoms with Gasteiger partial charge in [0.05, 0.1) is 0 Å². The van der Waals surface area contributed by atoms with E-state index in [1.54, 1.807) is 6.07 Å². The van der Waals surface area contributed by atoms with Crippen molar-refractivity contribution >= 4 is 32.9 Å². The molecule has 2 aromatic heterocycles. The van der Waals surface area contributed by atoms with Gasteiger partial charge in [-0.1, -0.05) is 21.1 Å². The molecule has 0 bridgehead atoms. The van der Waals surface area contributed by atoms with Crippen LogP contribution in [0.25, 0.3) is 22.5 Å². The minimum absolute atomic E-state index is 0.147. The molecule has 0 aliphatic carbocycles. The average molecular weight is 308 g/mol. The Bertz CT molecular complexity index is 743. The highest BCUT2D eigenvalue weighted by molar-refractivity contribution is 9.10. The monoisotopic (exact) mass is 307 g/mol. The summed E-state index contributed by atoms with van der Waals surface area (Å²) in [5.74, 6) is -0.397. The first-order valence-corrected chi connectivity index (χ1v) is 5.82. The van der Waals surface area contributed by atoms with E-state index in [2.05, 4.69) is 21.1 Å². The molecule has 0 atom stereocenters. The Hall–Kier alpha value is -2.08. The van der Waals surface area contributed by atoms with Crippen molar-refractivity contribution in [2.75, 3.05) is 0 Å². The van der Waals surface area contributed by atoms with Gasteiger partial charge in [-0.2, -0.15) is 0 Å². The molecule has 1 N–H and O–H groups in total. The highest BCUT2D eigenvalue weighted by atomic mass is 79.9. The molecule has 0 unspecified atom stereocenters. The lowest BCUT2D eigenvalue weighted by molar-refractivity contribution is 0.0686. The van der Waals surface area contributed by atoms with Crippen LogP contribution in [-0.4, -0.2) is 16.2 Å². The number of furan rings is 1. The average Bonchev–Trinajstić information content (AvgIpc) is 2.93. The predicted molar refractivity (Wildman–Crippen MR) is 66.4 cm³/mol. The molecule has 0 amide bonds. The molecule has 5 nitrogen and oxygen atoms in total. The molecule has 90 valence electrons. The highest BCUT2D eigenvalue weighted by Gasteiger charge is 2.15. The zero-order chi connectivity index (χ0) is 12.7. The zero-order valence-corrected chi connectivity index (χ0v) is 10.5. The summed E-state index contributed by atoms with van der Waals surface area (Å²) in [5, 5.41) is 13.1. The van der Waals surface area contributed by atoms with E-state index in [0.717, 1.165) is 9.86 Å². The summed E-state index contributed by atoms with van der Waals surface area (Å²) >= 11 is 3.37. The van der Waals surface area contributed by atoms with Crippen molar-refractivity contribution in [3.63, 3.8) is 0 Å². The number of benzene rings is 1. The van der Waals surface area contributed by atoms with Gasteiger partial charge in [0, 0.05) is 15.9 Å². The number of aromatic nitrogens is 1. The second kappa shape index (κ2) is 3.99. The normalized spacial score (nSPS) is 10.9. The minimum Gasteiger partial charge on any atom is -0.476 e.